The number of nitrogens with one attached hydrogen (secondary N) is 1. The van der Waals surface area contributed by atoms with Crippen LogP contribution >= 0.6 is 34.8 Å². The van der Waals surface area contributed by atoms with Gasteiger partial charge in [0.2, 0.25) is 3.79 Å². The van der Waals surface area contributed by atoms with Crippen LogP contribution in [-0.4, -0.2) is 21.7 Å². The second kappa shape index (κ2) is 7.17. The van der Waals surface area contributed by atoms with E-state index in [0.29, 0.717) is 22.7 Å². The lowest BCUT2D eigenvalue weighted by Gasteiger charge is -2.11. The number of nitrogens with zero attached hydrogens (tertiary/aromatic N) is 2. The minimum atomic E-state index is -1.76. The third kappa shape index (κ3) is 3.37. The zero-order valence-electron chi connectivity index (χ0n) is 14.6. The van der Waals surface area contributed by atoms with E-state index < -0.39 is 3.79 Å². The molecule has 0 bridgehead atoms. The number of benzene rings is 2. The Labute approximate surface area is 175 Å². The first-order valence-corrected chi connectivity index (χ1v) is 9.44. The number of ether oxygens (including phenoxy) is 1. The predicted octanol–water partition coefficient (Wildman–Crippen LogP) is 5.19. The Morgan fingerprint density at radius 1 is 1.00 bits per heavy atom. The Morgan fingerprint density at radius 3 is 2.29 bits per heavy atom. The summed E-state index contributed by atoms with van der Waals surface area (Å²) in [6.45, 7) is 0. The standard InChI is InChI=1S/C20H14Cl3N3O2/c1-28-14-9-7-12(8-10-14)15-11-16(27)26-19(24-15)17(13-5-3-2-4-6-13)18(25-26)20(21,22)23/h2-11,25H,1H3. The third-order valence-electron chi connectivity index (χ3n) is 4.35. The smallest absolute Gasteiger partial charge is 0.273 e. The molecule has 0 atom stereocenters. The summed E-state index contributed by atoms with van der Waals surface area (Å²) in [6.07, 6.45) is 0. The number of aromatic amines is 1. The second-order valence-corrected chi connectivity index (χ2v) is 8.37. The van der Waals surface area contributed by atoms with Gasteiger partial charge in [0, 0.05) is 11.6 Å². The Bertz CT molecular complexity index is 1190. The van der Waals surface area contributed by atoms with Crippen molar-refractivity contribution in [3.05, 3.63) is 76.7 Å². The van der Waals surface area contributed by atoms with Crippen LogP contribution in [0.2, 0.25) is 0 Å². The molecule has 2 aromatic carbocycles. The lowest BCUT2D eigenvalue weighted by molar-refractivity contribution is 0.415. The maximum atomic E-state index is 12.8. The fourth-order valence-corrected chi connectivity index (χ4v) is 3.44. The first-order valence-electron chi connectivity index (χ1n) is 8.31. The minimum absolute atomic E-state index is 0.278. The molecular weight excluding hydrogens is 421 g/mol. The summed E-state index contributed by atoms with van der Waals surface area (Å²) in [7, 11) is 1.59. The van der Waals surface area contributed by atoms with Crippen molar-refractivity contribution >= 4 is 40.4 Å². The number of hydrogen-bond donors (Lipinski definition) is 1. The zero-order valence-corrected chi connectivity index (χ0v) is 16.9. The fourth-order valence-electron chi connectivity index (χ4n) is 3.03. The summed E-state index contributed by atoms with van der Waals surface area (Å²) in [6, 6.07) is 18.1. The monoisotopic (exact) mass is 433 g/mol. The SMILES string of the molecule is COc1ccc(-c2cc(=O)n3[nH]c(C(Cl)(Cl)Cl)c(-c4ccccc4)c3n2)cc1. The molecular formula is C20H14Cl3N3O2. The van der Waals surface area contributed by atoms with E-state index in [1.807, 2.05) is 42.5 Å². The Morgan fingerprint density at radius 2 is 1.68 bits per heavy atom. The van der Waals surface area contributed by atoms with Gasteiger partial charge in [0.1, 0.15) is 5.75 Å². The van der Waals surface area contributed by atoms with Crippen LogP contribution in [-0.2, 0) is 3.79 Å². The van der Waals surface area contributed by atoms with E-state index in [0.717, 1.165) is 11.1 Å². The molecule has 0 radical (unpaired) electrons. The first kappa shape index (κ1) is 18.9. The van der Waals surface area contributed by atoms with Gasteiger partial charge in [0.05, 0.1) is 24.1 Å². The minimum Gasteiger partial charge on any atom is -0.497 e. The van der Waals surface area contributed by atoms with Crippen LogP contribution in [0, 0.1) is 0 Å². The van der Waals surface area contributed by atoms with Crippen molar-refractivity contribution < 1.29 is 4.74 Å². The van der Waals surface area contributed by atoms with Gasteiger partial charge in [-0.3, -0.25) is 9.89 Å². The molecule has 4 aromatic rings. The van der Waals surface area contributed by atoms with Crippen molar-refractivity contribution in [3.63, 3.8) is 0 Å². The Balaban J connectivity index is 2.01. The summed E-state index contributed by atoms with van der Waals surface area (Å²) in [5.74, 6) is 0.714. The molecule has 28 heavy (non-hydrogen) atoms. The number of rotatable bonds is 3. The van der Waals surface area contributed by atoms with Crippen molar-refractivity contribution in [1.29, 1.82) is 0 Å². The number of hydrogen-bond acceptors (Lipinski definition) is 3. The molecule has 0 spiro atoms. The van der Waals surface area contributed by atoms with Gasteiger partial charge in [0.25, 0.3) is 5.56 Å². The van der Waals surface area contributed by atoms with Crippen LogP contribution in [0.1, 0.15) is 5.69 Å². The molecule has 8 heteroatoms. The molecule has 2 heterocycles. The van der Waals surface area contributed by atoms with Crippen molar-refractivity contribution in [1.82, 2.24) is 14.6 Å². The second-order valence-electron chi connectivity index (χ2n) is 6.09. The molecule has 0 fully saturated rings. The van der Waals surface area contributed by atoms with Gasteiger partial charge < -0.3 is 4.74 Å². The lowest BCUT2D eigenvalue weighted by Crippen LogP contribution is -2.15. The van der Waals surface area contributed by atoms with Crippen LogP contribution in [0.15, 0.2) is 65.5 Å². The molecule has 0 aliphatic carbocycles. The largest absolute Gasteiger partial charge is 0.497 e. The van der Waals surface area contributed by atoms with Gasteiger partial charge >= 0.3 is 0 Å². The van der Waals surface area contributed by atoms with Crippen molar-refractivity contribution in [2.75, 3.05) is 7.11 Å². The van der Waals surface area contributed by atoms with Gasteiger partial charge in [0.15, 0.2) is 5.65 Å². The van der Waals surface area contributed by atoms with E-state index in [2.05, 4.69) is 10.1 Å². The maximum absolute atomic E-state index is 12.8. The average molecular weight is 435 g/mol. The molecule has 0 saturated carbocycles. The van der Waals surface area contributed by atoms with Gasteiger partial charge in [-0.15, -0.1) is 0 Å². The molecule has 0 saturated heterocycles. The topological polar surface area (TPSA) is 59.4 Å². The third-order valence-corrected chi connectivity index (χ3v) is 4.91. The van der Waals surface area contributed by atoms with Gasteiger partial charge in [-0.25, -0.2) is 9.50 Å². The van der Waals surface area contributed by atoms with Crippen LogP contribution in [0.3, 0.4) is 0 Å². The van der Waals surface area contributed by atoms with Gasteiger partial charge in [-0.2, -0.15) is 0 Å². The van der Waals surface area contributed by atoms with E-state index >= 15 is 0 Å². The van der Waals surface area contributed by atoms with Crippen molar-refractivity contribution in [2.45, 2.75) is 3.79 Å². The number of halogens is 3. The number of H-pyrrole nitrogens is 1. The number of aromatic nitrogens is 3. The number of fused-ring (bicyclic) bond motifs is 1. The summed E-state index contributed by atoms with van der Waals surface area (Å²) >= 11 is 18.5. The summed E-state index contributed by atoms with van der Waals surface area (Å²) in [4.78, 5) is 17.4. The molecule has 0 unspecified atom stereocenters. The molecule has 0 aliphatic heterocycles. The summed E-state index contributed by atoms with van der Waals surface area (Å²) in [5.41, 5.74) is 2.98. The first-order chi connectivity index (χ1) is 13.4. The average Bonchev–Trinajstić information content (AvgIpc) is 3.09. The molecule has 142 valence electrons. The Kier molecular flexibility index (Phi) is 4.83. The van der Waals surface area contributed by atoms with E-state index in [1.54, 1.807) is 19.2 Å². The van der Waals surface area contributed by atoms with Crippen LogP contribution in [0.5, 0.6) is 5.75 Å². The van der Waals surface area contributed by atoms with E-state index in [-0.39, 0.29) is 11.3 Å². The molecule has 0 aliphatic rings. The number of alkyl halides is 3. The van der Waals surface area contributed by atoms with Crippen LogP contribution in [0.25, 0.3) is 28.0 Å². The predicted molar refractivity (Wildman–Crippen MR) is 112 cm³/mol. The quantitative estimate of drug-likeness (QED) is 0.451. The highest BCUT2D eigenvalue weighted by Gasteiger charge is 2.32. The molecule has 1 N–H and O–H groups in total. The number of methoxy groups -OCH3 is 1. The van der Waals surface area contributed by atoms with E-state index in [1.165, 1.54) is 10.6 Å². The molecule has 2 aromatic heterocycles. The van der Waals surface area contributed by atoms with Crippen molar-refractivity contribution in [3.8, 4) is 28.1 Å². The molecule has 4 rings (SSSR count). The highest BCUT2D eigenvalue weighted by molar-refractivity contribution is 6.66. The van der Waals surface area contributed by atoms with Crippen LogP contribution < -0.4 is 10.3 Å². The zero-order chi connectivity index (χ0) is 19.9. The normalized spacial score (nSPS) is 11.7. The van der Waals surface area contributed by atoms with E-state index in [4.69, 9.17) is 39.5 Å². The molecule has 5 nitrogen and oxygen atoms in total. The summed E-state index contributed by atoms with van der Waals surface area (Å²) < 4.78 is 4.71. The summed E-state index contributed by atoms with van der Waals surface area (Å²) in [5, 5.41) is 2.89. The Hall–Kier alpha value is -2.47. The maximum Gasteiger partial charge on any atom is 0.273 e. The van der Waals surface area contributed by atoms with E-state index in [9.17, 15) is 4.79 Å². The molecule has 0 amide bonds. The lowest BCUT2D eigenvalue weighted by atomic mass is 10.1. The van der Waals surface area contributed by atoms with Gasteiger partial charge in [-0.1, -0.05) is 65.1 Å². The van der Waals surface area contributed by atoms with Crippen LogP contribution in [0.4, 0.5) is 0 Å². The van der Waals surface area contributed by atoms with Gasteiger partial charge in [-0.05, 0) is 29.8 Å². The van der Waals surface area contributed by atoms with Crippen molar-refractivity contribution in [2.24, 2.45) is 0 Å². The highest BCUT2D eigenvalue weighted by Crippen LogP contribution is 2.43. The highest BCUT2D eigenvalue weighted by atomic mass is 35.6. The fraction of sp³-hybridized carbons (Fsp3) is 0.100.